The van der Waals surface area contributed by atoms with Crippen molar-refractivity contribution in [2.45, 2.75) is 11.8 Å². The van der Waals surface area contributed by atoms with Crippen molar-refractivity contribution in [1.82, 2.24) is 5.16 Å². The number of aromatic nitrogens is 1. The highest BCUT2D eigenvalue weighted by Crippen LogP contribution is 2.33. The molecule has 0 radical (unpaired) electrons. The lowest BCUT2D eigenvalue weighted by atomic mass is 10.1. The standard InChI is InChI=1S/C12H9Cl2NO4S/c1-6-5-8(15-19-6)12(16)7-3-4-9(20(2,17)18)11(14)10(7)13/h3-5H,1-2H3. The van der Waals surface area contributed by atoms with Gasteiger partial charge in [0.05, 0.1) is 14.9 Å². The molecule has 5 nitrogen and oxygen atoms in total. The van der Waals surface area contributed by atoms with Crippen LogP contribution in [-0.4, -0.2) is 25.6 Å². The number of hydrogen-bond donors (Lipinski definition) is 0. The molecule has 0 atom stereocenters. The number of ketones is 1. The van der Waals surface area contributed by atoms with Gasteiger partial charge in [-0.2, -0.15) is 0 Å². The predicted molar refractivity (Wildman–Crippen MR) is 74.2 cm³/mol. The number of nitrogens with zero attached hydrogens (tertiary/aromatic N) is 1. The molecule has 20 heavy (non-hydrogen) atoms. The highest BCUT2D eigenvalue weighted by molar-refractivity contribution is 7.90. The molecule has 0 N–H and O–H groups in total. The molecule has 0 aliphatic rings. The van der Waals surface area contributed by atoms with E-state index in [9.17, 15) is 13.2 Å². The minimum atomic E-state index is -3.52. The minimum absolute atomic E-state index is 0.0670. The lowest BCUT2D eigenvalue weighted by molar-refractivity contribution is 0.103. The van der Waals surface area contributed by atoms with Crippen molar-refractivity contribution < 1.29 is 17.7 Å². The molecule has 0 aliphatic heterocycles. The maximum atomic E-state index is 12.2. The fourth-order valence-corrected chi connectivity index (χ4v) is 3.24. The average Bonchev–Trinajstić information content (AvgIpc) is 2.77. The van der Waals surface area contributed by atoms with E-state index in [2.05, 4.69) is 5.16 Å². The van der Waals surface area contributed by atoms with Crippen molar-refractivity contribution in [3.63, 3.8) is 0 Å². The quantitative estimate of drug-likeness (QED) is 0.807. The van der Waals surface area contributed by atoms with Crippen LogP contribution in [0.15, 0.2) is 27.6 Å². The van der Waals surface area contributed by atoms with Gasteiger partial charge in [0, 0.05) is 17.9 Å². The third-order valence-electron chi connectivity index (χ3n) is 2.55. The van der Waals surface area contributed by atoms with Gasteiger partial charge in [-0.1, -0.05) is 28.4 Å². The zero-order valence-electron chi connectivity index (χ0n) is 10.5. The van der Waals surface area contributed by atoms with Crippen LogP contribution < -0.4 is 0 Å². The van der Waals surface area contributed by atoms with Crippen molar-refractivity contribution in [3.05, 3.63) is 45.3 Å². The Morgan fingerprint density at radius 2 is 1.90 bits per heavy atom. The maximum Gasteiger partial charge on any atom is 0.216 e. The fraction of sp³-hybridized carbons (Fsp3) is 0.167. The van der Waals surface area contributed by atoms with Crippen molar-refractivity contribution in [2.75, 3.05) is 6.26 Å². The molecule has 1 aromatic carbocycles. The molecule has 0 saturated heterocycles. The molecule has 1 aromatic heterocycles. The molecule has 0 aliphatic carbocycles. The molecule has 2 rings (SSSR count). The van der Waals surface area contributed by atoms with Crippen LogP contribution in [0.5, 0.6) is 0 Å². The van der Waals surface area contributed by atoms with Gasteiger partial charge in [0.1, 0.15) is 5.76 Å². The smallest absolute Gasteiger partial charge is 0.216 e. The number of carbonyl (C=O) groups excluding carboxylic acids is 1. The summed E-state index contributed by atoms with van der Waals surface area (Å²) in [6, 6.07) is 4.00. The highest BCUT2D eigenvalue weighted by atomic mass is 35.5. The summed E-state index contributed by atoms with van der Waals surface area (Å²) >= 11 is 11.9. The first kappa shape index (κ1) is 15.0. The Hall–Kier alpha value is -1.37. The molecule has 0 amide bonds. The van der Waals surface area contributed by atoms with Crippen molar-refractivity contribution >= 4 is 38.8 Å². The molecule has 1 heterocycles. The Bertz CT molecular complexity index is 796. The summed E-state index contributed by atoms with van der Waals surface area (Å²) in [5, 5.41) is 3.28. The third-order valence-corrected chi connectivity index (χ3v) is 4.68. The topological polar surface area (TPSA) is 77.2 Å². The summed E-state index contributed by atoms with van der Waals surface area (Å²) in [6.07, 6.45) is 1.01. The van der Waals surface area contributed by atoms with Gasteiger partial charge < -0.3 is 4.52 Å². The van der Waals surface area contributed by atoms with Gasteiger partial charge in [-0.05, 0) is 19.1 Å². The van der Waals surface area contributed by atoms with Crippen LogP contribution in [-0.2, 0) is 9.84 Å². The normalized spacial score (nSPS) is 11.6. The number of aryl methyl sites for hydroxylation is 1. The molecule has 0 fully saturated rings. The number of benzene rings is 1. The van der Waals surface area contributed by atoms with Gasteiger partial charge in [-0.25, -0.2) is 8.42 Å². The third kappa shape index (κ3) is 2.72. The van der Waals surface area contributed by atoms with Gasteiger partial charge in [0.25, 0.3) is 0 Å². The van der Waals surface area contributed by atoms with Crippen LogP contribution in [0, 0.1) is 6.92 Å². The van der Waals surface area contributed by atoms with E-state index in [0.29, 0.717) is 5.76 Å². The molecule has 2 aromatic rings. The van der Waals surface area contributed by atoms with Crippen LogP contribution >= 0.6 is 23.2 Å². The van der Waals surface area contributed by atoms with Crippen LogP contribution in [0.4, 0.5) is 0 Å². The summed E-state index contributed by atoms with van der Waals surface area (Å²) in [5.74, 6) is -0.0165. The zero-order chi connectivity index (χ0) is 15.1. The van der Waals surface area contributed by atoms with Crippen molar-refractivity contribution in [2.24, 2.45) is 0 Å². The molecule has 106 valence electrons. The number of halogens is 2. The molecule has 8 heteroatoms. The van der Waals surface area contributed by atoms with Crippen LogP contribution in [0.2, 0.25) is 10.0 Å². The molecular weight excluding hydrogens is 325 g/mol. The van der Waals surface area contributed by atoms with E-state index < -0.39 is 15.6 Å². The summed E-state index contributed by atoms with van der Waals surface area (Å²) in [6.45, 7) is 1.64. The molecule has 0 unspecified atom stereocenters. The van der Waals surface area contributed by atoms with Gasteiger partial charge in [-0.15, -0.1) is 0 Å². The summed E-state index contributed by atoms with van der Waals surface area (Å²) in [7, 11) is -3.52. The van der Waals surface area contributed by atoms with Crippen molar-refractivity contribution in [3.8, 4) is 0 Å². The first-order valence-corrected chi connectivity index (χ1v) is 8.02. The second kappa shape index (κ2) is 5.20. The van der Waals surface area contributed by atoms with E-state index in [0.717, 1.165) is 6.26 Å². The van der Waals surface area contributed by atoms with Gasteiger partial charge in [0.2, 0.25) is 5.78 Å². The Morgan fingerprint density at radius 3 is 2.40 bits per heavy atom. The molecular formula is C12H9Cl2NO4S. The summed E-state index contributed by atoms with van der Waals surface area (Å²) in [4.78, 5) is 12.1. The first-order chi connectivity index (χ1) is 9.21. The van der Waals surface area contributed by atoms with Crippen LogP contribution in [0.25, 0.3) is 0 Å². The van der Waals surface area contributed by atoms with Gasteiger partial charge in [-0.3, -0.25) is 4.79 Å². The van der Waals surface area contributed by atoms with Gasteiger partial charge in [0.15, 0.2) is 15.5 Å². The molecule has 0 bridgehead atoms. The lowest BCUT2D eigenvalue weighted by Crippen LogP contribution is -2.05. The second-order valence-electron chi connectivity index (χ2n) is 4.16. The minimum Gasteiger partial charge on any atom is -0.361 e. The average molecular weight is 334 g/mol. The number of hydrogen-bond acceptors (Lipinski definition) is 5. The molecule has 0 spiro atoms. The highest BCUT2D eigenvalue weighted by Gasteiger charge is 2.22. The fourth-order valence-electron chi connectivity index (χ4n) is 1.60. The van der Waals surface area contributed by atoms with E-state index in [1.54, 1.807) is 6.92 Å². The van der Waals surface area contributed by atoms with Crippen LogP contribution in [0.3, 0.4) is 0 Å². The number of carbonyl (C=O) groups is 1. The Labute approximate surface area is 125 Å². The van der Waals surface area contributed by atoms with E-state index in [1.165, 1.54) is 18.2 Å². The van der Waals surface area contributed by atoms with Crippen molar-refractivity contribution in [1.29, 1.82) is 0 Å². The number of rotatable bonds is 3. The van der Waals surface area contributed by atoms with E-state index in [1.807, 2.05) is 0 Å². The summed E-state index contributed by atoms with van der Waals surface area (Å²) in [5.41, 5.74) is 0.143. The Kier molecular flexibility index (Phi) is 3.90. The maximum absolute atomic E-state index is 12.2. The van der Waals surface area contributed by atoms with E-state index in [-0.39, 0.29) is 26.2 Å². The Morgan fingerprint density at radius 1 is 1.25 bits per heavy atom. The predicted octanol–water partition coefficient (Wildman–Crippen LogP) is 2.92. The Balaban J connectivity index is 2.55. The lowest BCUT2D eigenvalue weighted by Gasteiger charge is -2.07. The van der Waals surface area contributed by atoms with E-state index in [4.69, 9.17) is 27.7 Å². The molecule has 0 saturated carbocycles. The monoisotopic (exact) mass is 333 g/mol. The zero-order valence-corrected chi connectivity index (χ0v) is 12.8. The number of sulfone groups is 1. The first-order valence-electron chi connectivity index (χ1n) is 5.38. The van der Waals surface area contributed by atoms with Gasteiger partial charge >= 0.3 is 0 Å². The second-order valence-corrected chi connectivity index (χ2v) is 6.90. The SMILES string of the molecule is Cc1cc(C(=O)c2ccc(S(C)(=O)=O)c(Cl)c2Cl)no1. The largest absolute Gasteiger partial charge is 0.361 e. The van der Waals surface area contributed by atoms with Crippen LogP contribution in [0.1, 0.15) is 21.8 Å². The summed E-state index contributed by atoms with van der Waals surface area (Å²) < 4.78 is 27.8. The van der Waals surface area contributed by atoms with E-state index >= 15 is 0 Å².